The number of rotatable bonds is 2. The van der Waals surface area contributed by atoms with E-state index in [4.69, 9.17) is 0 Å². The summed E-state index contributed by atoms with van der Waals surface area (Å²) < 4.78 is 0.982. The molecule has 3 heterocycles. The fraction of sp³-hybridized carbons (Fsp3) is 0.500. The van der Waals surface area contributed by atoms with Crippen molar-refractivity contribution in [3.8, 4) is 0 Å². The first-order valence-corrected chi connectivity index (χ1v) is 8.78. The minimum absolute atomic E-state index is 0.0307. The number of hydrogen-bond acceptors (Lipinski definition) is 3. The molecule has 23 heavy (non-hydrogen) atoms. The van der Waals surface area contributed by atoms with Crippen molar-refractivity contribution in [3.05, 3.63) is 28.7 Å². The summed E-state index contributed by atoms with van der Waals surface area (Å²) in [6, 6.07) is 8.04. The SMILES string of the molecule is O=C1C(N2CCN3C(=O)NCC3C2)CCN1c1cccc(Br)c1. The summed E-state index contributed by atoms with van der Waals surface area (Å²) >= 11 is 3.46. The molecule has 2 unspecified atom stereocenters. The van der Waals surface area contributed by atoms with Crippen molar-refractivity contribution in [2.45, 2.75) is 18.5 Å². The molecule has 0 bridgehead atoms. The lowest BCUT2D eigenvalue weighted by Gasteiger charge is -2.38. The maximum atomic E-state index is 12.8. The van der Waals surface area contributed by atoms with Crippen LogP contribution in [0.15, 0.2) is 28.7 Å². The van der Waals surface area contributed by atoms with E-state index < -0.39 is 0 Å². The standard InChI is InChI=1S/C16H19BrN4O2/c17-11-2-1-3-12(8-11)20-5-4-14(15(20)22)19-6-7-21-13(10-19)9-18-16(21)23/h1-3,8,13-14H,4-7,9-10H2,(H,18,23). The van der Waals surface area contributed by atoms with E-state index in [0.29, 0.717) is 13.1 Å². The highest BCUT2D eigenvalue weighted by Gasteiger charge is 2.42. The molecule has 1 aromatic rings. The largest absolute Gasteiger partial charge is 0.336 e. The third-order valence-corrected chi connectivity index (χ3v) is 5.50. The van der Waals surface area contributed by atoms with E-state index in [1.54, 1.807) is 0 Å². The predicted octanol–water partition coefficient (Wildman–Crippen LogP) is 1.26. The van der Waals surface area contributed by atoms with E-state index in [9.17, 15) is 9.59 Å². The summed E-state index contributed by atoms with van der Waals surface area (Å²) in [7, 11) is 0. The van der Waals surface area contributed by atoms with Gasteiger partial charge in [0.25, 0.3) is 0 Å². The first kappa shape index (κ1) is 15.0. The van der Waals surface area contributed by atoms with E-state index in [1.165, 1.54) is 0 Å². The van der Waals surface area contributed by atoms with Crippen LogP contribution in [0.4, 0.5) is 10.5 Å². The van der Waals surface area contributed by atoms with Crippen molar-refractivity contribution < 1.29 is 9.59 Å². The Hall–Kier alpha value is -1.60. The highest BCUT2D eigenvalue weighted by molar-refractivity contribution is 9.10. The van der Waals surface area contributed by atoms with Crippen molar-refractivity contribution in [1.82, 2.24) is 15.1 Å². The highest BCUT2D eigenvalue weighted by Crippen LogP contribution is 2.28. The molecule has 0 aliphatic carbocycles. The number of carbonyl (C=O) groups excluding carboxylic acids is 2. The van der Waals surface area contributed by atoms with Gasteiger partial charge in [0, 0.05) is 42.9 Å². The molecule has 0 radical (unpaired) electrons. The van der Waals surface area contributed by atoms with Crippen molar-refractivity contribution in [2.24, 2.45) is 0 Å². The molecule has 3 aliphatic rings. The average Bonchev–Trinajstić information content (AvgIpc) is 3.10. The Morgan fingerprint density at radius 2 is 2.04 bits per heavy atom. The Labute approximate surface area is 143 Å². The summed E-state index contributed by atoms with van der Waals surface area (Å²) in [5, 5.41) is 2.88. The Bertz CT molecular complexity index is 653. The van der Waals surface area contributed by atoms with E-state index in [2.05, 4.69) is 26.1 Å². The molecule has 2 atom stereocenters. The van der Waals surface area contributed by atoms with E-state index in [-0.39, 0.29) is 24.0 Å². The summed E-state index contributed by atoms with van der Waals surface area (Å²) in [5.74, 6) is 0.175. The van der Waals surface area contributed by atoms with Crippen LogP contribution in [0, 0.1) is 0 Å². The quantitative estimate of drug-likeness (QED) is 0.842. The Morgan fingerprint density at radius 3 is 2.87 bits per heavy atom. The lowest BCUT2D eigenvalue weighted by molar-refractivity contribution is -0.122. The van der Waals surface area contributed by atoms with Crippen LogP contribution in [0.5, 0.6) is 0 Å². The van der Waals surface area contributed by atoms with Gasteiger partial charge in [-0.15, -0.1) is 0 Å². The van der Waals surface area contributed by atoms with Crippen molar-refractivity contribution in [2.75, 3.05) is 37.6 Å². The van der Waals surface area contributed by atoms with Crippen LogP contribution in [0.25, 0.3) is 0 Å². The number of amides is 3. The Morgan fingerprint density at radius 1 is 1.17 bits per heavy atom. The molecular formula is C16H19BrN4O2. The second kappa shape index (κ2) is 5.79. The highest BCUT2D eigenvalue weighted by atomic mass is 79.9. The third-order valence-electron chi connectivity index (χ3n) is 5.00. The van der Waals surface area contributed by atoms with Gasteiger partial charge in [-0.2, -0.15) is 0 Å². The molecule has 122 valence electrons. The zero-order valence-corrected chi connectivity index (χ0v) is 14.3. The normalized spacial score (nSPS) is 28.2. The molecule has 3 fully saturated rings. The maximum absolute atomic E-state index is 12.8. The van der Waals surface area contributed by atoms with Gasteiger partial charge in [0.05, 0.1) is 12.1 Å². The first-order valence-electron chi connectivity index (χ1n) is 7.99. The van der Waals surface area contributed by atoms with Gasteiger partial charge in [-0.3, -0.25) is 9.69 Å². The van der Waals surface area contributed by atoms with Crippen LogP contribution >= 0.6 is 15.9 Å². The molecule has 3 saturated heterocycles. The number of hydrogen-bond donors (Lipinski definition) is 1. The van der Waals surface area contributed by atoms with Gasteiger partial charge in [-0.05, 0) is 24.6 Å². The minimum atomic E-state index is -0.0631. The van der Waals surface area contributed by atoms with Crippen LogP contribution in [-0.2, 0) is 4.79 Å². The van der Waals surface area contributed by atoms with Gasteiger partial charge in [-0.1, -0.05) is 22.0 Å². The Balaban J connectivity index is 1.47. The topological polar surface area (TPSA) is 55.9 Å². The number of benzene rings is 1. The van der Waals surface area contributed by atoms with Gasteiger partial charge in [0.2, 0.25) is 5.91 Å². The second-order valence-electron chi connectivity index (χ2n) is 6.30. The van der Waals surface area contributed by atoms with Gasteiger partial charge < -0.3 is 15.1 Å². The number of carbonyl (C=O) groups is 2. The number of urea groups is 1. The minimum Gasteiger partial charge on any atom is -0.336 e. The fourth-order valence-electron chi connectivity index (χ4n) is 3.82. The lowest BCUT2D eigenvalue weighted by atomic mass is 10.1. The first-order chi connectivity index (χ1) is 11.1. The number of fused-ring (bicyclic) bond motifs is 1. The van der Waals surface area contributed by atoms with E-state index >= 15 is 0 Å². The fourth-order valence-corrected chi connectivity index (χ4v) is 4.20. The summed E-state index contributed by atoms with van der Waals surface area (Å²) in [5.41, 5.74) is 0.947. The summed E-state index contributed by atoms with van der Waals surface area (Å²) in [6.07, 6.45) is 0.847. The molecule has 0 spiro atoms. The smallest absolute Gasteiger partial charge is 0.317 e. The Kier molecular flexibility index (Phi) is 3.77. The van der Waals surface area contributed by atoms with Gasteiger partial charge in [0.15, 0.2) is 0 Å². The third kappa shape index (κ3) is 2.61. The summed E-state index contributed by atoms with van der Waals surface area (Å²) in [4.78, 5) is 30.5. The molecule has 3 amide bonds. The number of piperazine rings is 1. The van der Waals surface area contributed by atoms with Crippen LogP contribution in [0.2, 0.25) is 0 Å². The van der Waals surface area contributed by atoms with Crippen molar-refractivity contribution in [3.63, 3.8) is 0 Å². The zero-order valence-electron chi connectivity index (χ0n) is 12.7. The second-order valence-corrected chi connectivity index (χ2v) is 7.22. The van der Waals surface area contributed by atoms with Gasteiger partial charge in [-0.25, -0.2) is 4.79 Å². The van der Waals surface area contributed by atoms with Crippen LogP contribution in [0.3, 0.4) is 0 Å². The molecule has 4 rings (SSSR count). The maximum Gasteiger partial charge on any atom is 0.317 e. The molecule has 0 aromatic heterocycles. The lowest BCUT2D eigenvalue weighted by Crippen LogP contribution is -2.56. The van der Waals surface area contributed by atoms with Crippen molar-refractivity contribution >= 4 is 33.6 Å². The van der Waals surface area contributed by atoms with Crippen molar-refractivity contribution in [1.29, 1.82) is 0 Å². The predicted molar refractivity (Wildman–Crippen MR) is 90.4 cm³/mol. The molecule has 0 saturated carbocycles. The molecule has 7 heteroatoms. The molecule has 6 nitrogen and oxygen atoms in total. The molecule has 1 aromatic carbocycles. The van der Waals surface area contributed by atoms with Crippen LogP contribution in [-0.4, -0.2) is 66.5 Å². The van der Waals surface area contributed by atoms with Gasteiger partial charge >= 0.3 is 6.03 Å². The molecule has 1 N–H and O–H groups in total. The molecule has 3 aliphatic heterocycles. The number of nitrogens with one attached hydrogen (secondary N) is 1. The van der Waals surface area contributed by atoms with E-state index in [0.717, 1.165) is 36.2 Å². The van der Waals surface area contributed by atoms with Gasteiger partial charge in [0.1, 0.15) is 0 Å². The monoisotopic (exact) mass is 378 g/mol. The van der Waals surface area contributed by atoms with E-state index in [1.807, 2.05) is 34.1 Å². The van der Waals surface area contributed by atoms with Crippen LogP contribution in [0.1, 0.15) is 6.42 Å². The summed E-state index contributed by atoms with van der Waals surface area (Å²) in [6.45, 7) is 3.69. The number of halogens is 1. The number of anilines is 1. The average molecular weight is 379 g/mol. The van der Waals surface area contributed by atoms with Crippen LogP contribution < -0.4 is 10.2 Å². The number of nitrogens with zero attached hydrogens (tertiary/aromatic N) is 3. The zero-order chi connectivity index (χ0) is 16.0. The molecular weight excluding hydrogens is 360 g/mol.